The highest BCUT2D eigenvalue weighted by molar-refractivity contribution is 6.07. The van der Waals surface area contributed by atoms with Crippen molar-refractivity contribution in [3.8, 4) is 11.1 Å². The predicted octanol–water partition coefficient (Wildman–Crippen LogP) is 2.47. The van der Waals surface area contributed by atoms with Crippen LogP contribution in [0.1, 0.15) is 15.9 Å². The van der Waals surface area contributed by atoms with Crippen molar-refractivity contribution >= 4 is 17.4 Å². The fourth-order valence-corrected chi connectivity index (χ4v) is 2.25. The van der Waals surface area contributed by atoms with Gasteiger partial charge in [0.25, 0.3) is 5.91 Å². The topological polar surface area (TPSA) is 101 Å². The summed E-state index contributed by atoms with van der Waals surface area (Å²) in [5.41, 5.74) is 9.26. The normalized spacial score (nSPS) is 10.4. The van der Waals surface area contributed by atoms with Crippen LogP contribution in [0.4, 0.5) is 11.5 Å². The highest BCUT2D eigenvalue weighted by Crippen LogP contribution is 2.23. The number of amides is 1. The molecule has 0 atom stereocenters. The van der Waals surface area contributed by atoms with Crippen molar-refractivity contribution in [1.29, 1.82) is 0 Å². The van der Waals surface area contributed by atoms with Crippen molar-refractivity contribution in [1.82, 2.24) is 9.97 Å². The zero-order valence-corrected chi connectivity index (χ0v) is 12.8. The first-order chi connectivity index (χ1) is 11.7. The number of hydrogen-bond donors (Lipinski definition) is 3. The molecular weight excluding hydrogens is 304 g/mol. The van der Waals surface area contributed by atoms with Gasteiger partial charge in [-0.05, 0) is 29.3 Å². The lowest BCUT2D eigenvalue weighted by atomic mass is 10.0. The van der Waals surface area contributed by atoms with Gasteiger partial charge in [-0.2, -0.15) is 0 Å². The minimum Gasteiger partial charge on any atom is -0.392 e. The van der Waals surface area contributed by atoms with Crippen LogP contribution in [-0.4, -0.2) is 21.0 Å². The molecule has 0 aliphatic carbocycles. The number of hydrogen-bond acceptors (Lipinski definition) is 5. The van der Waals surface area contributed by atoms with E-state index in [0.29, 0.717) is 11.3 Å². The average molecular weight is 320 g/mol. The quantitative estimate of drug-likeness (QED) is 0.685. The summed E-state index contributed by atoms with van der Waals surface area (Å²) in [4.78, 5) is 20.5. The Balaban J connectivity index is 1.89. The van der Waals surface area contributed by atoms with Gasteiger partial charge in [0.1, 0.15) is 5.82 Å². The molecule has 6 nitrogen and oxygen atoms in total. The standard InChI is InChI=1S/C18H16N4O2/c19-17-16(18(24)22-15-5-7-20-8-6-15)9-14(10-21-17)13-3-1-12(11-23)2-4-13/h1-10,23H,11H2,(H2,19,21)(H,20,22,24). The van der Waals surface area contributed by atoms with Gasteiger partial charge in [0.05, 0.1) is 12.2 Å². The molecule has 4 N–H and O–H groups in total. The van der Waals surface area contributed by atoms with E-state index in [9.17, 15) is 4.79 Å². The maximum atomic E-state index is 12.4. The molecule has 0 fully saturated rings. The maximum Gasteiger partial charge on any atom is 0.259 e. The highest BCUT2D eigenvalue weighted by atomic mass is 16.3. The number of carbonyl (C=O) groups excluding carboxylic acids is 1. The summed E-state index contributed by atoms with van der Waals surface area (Å²) >= 11 is 0. The fourth-order valence-electron chi connectivity index (χ4n) is 2.25. The number of nitrogens with two attached hydrogens (primary N) is 1. The second-order valence-corrected chi connectivity index (χ2v) is 5.20. The molecule has 120 valence electrons. The summed E-state index contributed by atoms with van der Waals surface area (Å²) in [5, 5.41) is 11.9. The van der Waals surface area contributed by atoms with Gasteiger partial charge < -0.3 is 16.2 Å². The number of rotatable bonds is 4. The van der Waals surface area contributed by atoms with Gasteiger partial charge in [-0.3, -0.25) is 9.78 Å². The van der Waals surface area contributed by atoms with Crippen molar-refractivity contribution in [2.24, 2.45) is 0 Å². The van der Waals surface area contributed by atoms with Crippen LogP contribution in [0.3, 0.4) is 0 Å². The Morgan fingerprint density at radius 1 is 1.08 bits per heavy atom. The molecule has 6 heteroatoms. The van der Waals surface area contributed by atoms with E-state index in [2.05, 4.69) is 15.3 Å². The molecule has 24 heavy (non-hydrogen) atoms. The summed E-state index contributed by atoms with van der Waals surface area (Å²) in [5.74, 6) is -0.169. The molecular formula is C18H16N4O2. The Kier molecular flexibility index (Phi) is 4.49. The smallest absolute Gasteiger partial charge is 0.259 e. The summed E-state index contributed by atoms with van der Waals surface area (Å²) < 4.78 is 0. The Labute approximate surface area is 139 Å². The van der Waals surface area contributed by atoms with Crippen molar-refractivity contribution in [3.05, 3.63) is 72.2 Å². The van der Waals surface area contributed by atoms with Crippen molar-refractivity contribution < 1.29 is 9.90 Å². The number of nitrogens with one attached hydrogen (secondary N) is 1. The highest BCUT2D eigenvalue weighted by Gasteiger charge is 2.13. The van der Waals surface area contributed by atoms with Gasteiger partial charge >= 0.3 is 0 Å². The molecule has 0 radical (unpaired) electrons. The number of nitrogen functional groups attached to an aromatic ring is 1. The van der Waals surface area contributed by atoms with E-state index in [1.807, 2.05) is 24.3 Å². The largest absolute Gasteiger partial charge is 0.392 e. The molecule has 0 aliphatic heterocycles. The zero-order valence-electron chi connectivity index (χ0n) is 12.8. The summed E-state index contributed by atoms with van der Waals surface area (Å²) in [6, 6.07) is 12.5. The van der Waals surface area contributed by atoms with E-state index < -0.39 is 0 Å². The summed E-state index contributed by atoms with van der Waals surface area (Å²) in [6.07, 6.45) is 4.80. The SMILES string of the molecule is Nc1ncc(-c2ccc(CO)cc2)cc1C(=O)Nc1ccncc1. The van der Waals surface area contributed by atoms with Crippen LogP contribution in [0.15, 0.2) is 61.1 Å². The first kappa shape index (κ1) is 15.6. The van der Waals surface area contributed by atoms with E-state index in [4.69, 9.17) is 10.8 Å². The molecule has 0 saturated heterocycles. The number of pyridine rings is 2. The number of nitrogens with zero attached hydrogens (tertiary/aromatic N) is 2. The van der Waals surface area contributed by atoms with Gasteiger partial charge in [0, 0.05) is 29.8 Å². The van der Waals surface area contributed by atoms with Gasteiger partial charge in [-0.25, -0.2) is 4.98 Å². The van der Waals surface area contributed by atoms with E-state index >= 15 is 0 Å². The lowest BCUT2D eigenvalue weighted by Gasteiger charge is -2.09. The molecule has 0 bridgehead atoms. The summed E-state index contributed by atoms with van der Waals surface area (Å²) in [7, 11) is 0. The molecule has 0 saturated carbocycles. The van der Waals surface area contributed by atoms with Crippen molar-refractivity contribution in [3.63, 3.8) is 0 Å². The number of aliphatic hydroxyl groups excluding tert-OH is 1. The Morgan fingerprint density at radius 3 is 2.46 bits per heavy atom. The van der Waals surface area contributed by atoms with Gasteiger partial charge in [0.15, 0.2) is 0 Å². The first-order valence-electron chi connectivity index (χ1n) is 7.34. The Morgan fingerprint density at radius 2 is 1.79 bits per heavy atom. The van der Waals surface area contributed by atoms with Crippen LogP contribution in [0.5, 0.6) is 0 Å². The molecule has 3 aromatic rings. The van der Waals surface area contributed by atoms with Crippen LogP contribution in [-0.2, 0) is 6.61 Å². The van der Waals surface area contributed by atoms with E-state index in [0.717, 1.165) is 16.7 Å². The van der Waals surface area contributed by atoms with Crippen LogP contribution < -0.4 is 11.1 Å². The fraction of sp³-hybridized carbons (Fsp3) is 0.0556. The third kappa shape index (κ3) is 3.39. The second-order valence-electron chi connectivity index (χ2n) is 5.20. The number of aromatic nitrogens is 2. The maximum absolute atomic E-state index is 12.4. The second kappa shape index (κ2) is 6.89. The van der Waals surface area contributed by atoms with E-state index in [-0.39, 0.29) is 18.3 Å². The minimum atomic E-state index is -0.333. The first-order valence-corrected chi connectivity index (χ1v) is 7.34. The van der Waals surface area contributed by atoms with Gasteiger partial charge in [0.2, 0.25) is 0 Å². The zero-order chi connectivity index (χ0) is 16.9. The number of anilines is 2. The third-order valence-corrected chi connectivity index (χ3v) is 3.57. The number of aliphatic hydroxyl groups is 1. The number of carbonyl (C=O) groups is 1. The van der Waals surface area contributed by atoms with Crippen LogP contribution >= 0.6 is 0 Å². The predicted molar refractivity (Wildman–Crippen MR) is 92.2 cm³/mol. The number of benzene rings is 1. The van der Waals surface area contributed by atoms with Crippen molar-refractivity contribution in [2.45, 2.75) is 6.61 Å². The lowest BCUT2D eigenvalue weighted by Crippen LogP contribution is -2.15. The Hall–Kier alpha value is -3.25. The van der Waals surface area contributed by atoms with Crippen LogP contribution in [0, 0.1) is 0 Å². The van der Waals surface area contributed by atoms with Gasteiger partial charge in [-0.15, -0.1) is 0 Å². The van der Waals surface area contributed by atoms with Crippen LogP contribution in [0.2, 0.25) is 0 Å². The molecule has 2 heterocycles. The monoisotopic (exact) mass is 320 g/mol. The average Bonchev–Trinajstić information content (AvgIpc) is 2.63. The third-order valence-electron chi connectivity index (χ3n) is 3.57. The Bertz CT molecular complexity index is 849. The van der Waals surface area contributed by atoms with Crippen molar-refractivity contribution in [2.75, 3.05) is 11.1 Å². The minimum absolute atomic E-state index is 0.0140. The molecule has 2 aromatic heterocycles. The molecule has 0 aliphatic rings. The van der Waals surface area contributed by atoms with E-state index in [1.54, 1.807) is 36.8 Å². The molecule has 1 aromatic carbocycles. The summed E-state index contributed by atoms with van der Waals surface area (Å²) in [6.45, 7) is -0.0140. The van der Waals surface area contributed by atoms with E-state index in [1.165, 1.54) is 0 Å². The van der Waals surface area contributed by atoms with Gasteiger partial charge in [-0.1, -0.05) is 24.3 Å². The molecule has 1 amide bonds. The molecule has 0 spiro atoms. The molecule has 0 unspecified atom stereocenters. The molecule has 3 rings (SSSR count). The lowest BCUT2D eigenvalue weighted by molar-refractivity contribution is 0.102. The van der Waals surface area contributed by atoms with Crippen LogP contribution in [0.25, 0.3) is 11.1 Å².